The number of aliphatic carboxylic acids is 1. The number of primary amides is 1. The number of hydrogen-bond donors (Lipinski definition) is 3. The van der Waals surface area contributed by atoms with Gasteiger partial charge in [0.1, 0.15) is 18.8 Å². The molecule has 0 aliphatic rings. The van der Waals surface area contributed by atoms with Crippen LogP contribution in [0.5, 0.6) is 0 Å². The average molecular weight is 284 g/mol. The number of carbonyl (C=O) groups is 3. The van der Waals surface area contributed by atoms with Gasteiger partial charge in [-0.05, 0) is 0 Å². The van der Waals surface area contributed by atoms with Gasteiger partial charge in [-0.3, -0.25) is 9.59 Å². The molecule has 0 bridgehead atoms. The van der Waals surface area contributed by atoms with E-state index in [0.717, 1.165) is 4.90 Å². The second-order valence-electron chi connectivity index (χ2n) is 3.95. The molecule has 0 aromatic carbocycles. The quantitative estimate of drug-likeness (QED) is 0.606. The highest BCUT2D eigenvalue weighted by Crippen LogP contribution is 2.03. The summed E-state index contributed by atoms with van der Waals surface area (Å²) in [5, 5.41) is 11.1. The lowest BCUT2D eigenvalue weighted by atomic mass is 10.4. The number of carboxylic acid groups (broad SMARTS) is 1. The van der Waals surface area contributed by atoms with Crippen LogP contribution in [0.3, 0.4) is 0 Å². The van der Waals surface area contributed by atoms with Crippen LogP contribution in [0.25, 0.3) is 0 Å². The molecule has 0 aliphatic heterocycles. The molecule has 0 radical (unpaired) electrons. The number of nitrogens with one attached hydrogen (secondary N) is 1. The maximum Gasteiger partial charge on any atom is 0.323 e. The fourth-order valence-electron chi connectivity index (χ4n) is 1.41. The van der Waals surface area contributed by atoms with Crippen molar-refractivity contribution in [1.29, 1.82) is 0 Å². The molecule has 0 saturated carbocycles. The van der Waals surface area contributed by atoms with E-state index < -0.39 is 31.0 Å². The molecule has 1 rings (SSSR count). The molecule has 1 aromatic heterocycles. The maximum atomic E-state index is 11.7. The number of nitrogens with zero attached hydrogens (tertiary/aromatic N) is 2. The summed E-state index contributed by atoms with van der Waals surface area (Å²) in [6.45, 7) is 0.780. The predicted octanol–water partition coefficient (Wildman–Crippen LogP) is -0.681. The first-order chi connectivity index (χ1) is 9.42. The van der Waals surface area contributed by atoms with Gasteiger partial charge in [0.25, 0.3) is 0 Å². The summed E-state index contributed by atoms with van der Waals surface area (Å²) in [4.78, 5) is 37.9. The first-order valence-corrected chi connectivity index (χ1v) is 5.88. The van der Waals surface area contributed by atoms with E-state index >= 15 is 0 Å². The van der Waals surface area contributed by atoms with Gasteiger partial charge in [0.15, 0.2) is 0 Å². The third-order valence-electron chi connectivity index (χ3n) is 2.30. The highest BCUT2D eigenvalue weighted by molar-refractivity contribution is 5.85. The molecule has 0 saturated heterocycles. The van der Waals surface area contributed by atoms with E-state index in [1.165, 1.54) is 0 Å². The van der Waals surface area contributed by atoms with Crippen molar-refractivity contribution in [3.05, 3.63) is 17.8 Å². The largest absolute Gasteiger partial charge is 0.480 e. The Hall–Kier alpha value is -2.58. The number of nitrogens with two attached hydrogens (primary N) is 1. The molecule has 0 spiro atoms. The Bertz CT molecular complexity index is 483. The number of aromatic nitrogens is 1. The molecule has 4 N–H and O–H groups in total. The van der Waals surface area contributed by atoms with Crippen molar-refractivity contribution in [2.24, 2.45) is 5.73 Å². The molecule has 9 nitrogen and oxygen atoms in total. The zero-order valence-corrected chi connectivity index (χ0v) is 11.0. The molecule has 0 aliphatic carbocycles. The van der Waals surface area contributed by atoms with Gasteiger partial charge in [-0.2, -0.15) is 0 Å². The number of carboxylic acids is 1. The van der Waals surface area contributed by atoms with Crippen LogP contribution >= 0.6 is 0 Å². The van der Waals surface area contributed by atoms with Crippen molar-refractivity contribution in [1.82, 2.24) is 15.2 Å². The van der Waals surface area contributed by atoms with Gasteiger partial charge < -0.3 is 25.5 Å². The van der Waals surface area contributed by atoms with Gasteiger partial charge in [0, 0.05) is 6.42 Å². The topological polar surface area (TPSA) is 139 Å². The minimum Gasteiger partial charge on any atom is -0.480 e. The Morgan fingerprint density at radius 1 is 1.45 bits per heavy atom. The van der Waals surface area contributed by atoms with Crippen LogP contribution in [0.2, 0.25) is 0 Å². The van der Waals surface area contributed by atoms with Gasteiger partial charge in [0.2, 0.25) is 11.8 Å². The molecule has 3 amide bonds. The molecule has 0 atom stereocenters. The summed E-state index contributed by atoms with van der Waals surface area (Å²) in [7, 11) is 0. The Balaban J connectivity index is 2.56. The summed E-state index contributed by atoms with van der Waals surface area (Å²) in [6.07, 6.45) is 2.22. The van der Waals surface area contributed by atoms with Gasteiger partial charge >= 0.3 is 12.0 Å². The van der Waals surface area contributed by atoms with Crippen molar-refractivity contribution in [2.45, 2.75) is 19.9 Å². The molecule has 110 valence electrons. The zero-order chi connectivity index (χ0) is 15.1. The highest BCUT2D eigenvalue weighted by atomic mass is 16.4. The molecular weight excluding hydrogens is 268 g/mol. The Kier molecular flexibility index (Phi) is 5.51. The van der Waals surface area contributed by atoms with Crippen molar-refractivity contribution in [2.75, 3.05) is 13.1 Å². The lowest BCUT2D eigenvalue weighted by Crippen LogP contribution is -2.46. The molecule has 20 heavy (non-hydrogen) atoms. The van der Waals surface area contributed by atoms with Crippen LogP contribution in [-0.2, 0) is 22.6 Å². The first-order valence-electron chi connectivity index (χ1n) is 5.88. The van der Waals surface area contributed by atoms with Crippen molar-refractivity contribution >= 4 is 17.9 Å². The molecule has 0 fully saturated rings. The summed E-state index contributed by atoms with van der Waals surface area (Å²) in [5.41, 5.74) is 4.95. The average Bonchev–Trinajstić information content (AvgIpc) is 2.82. The van der Waals surface area contributed by atoms with Crippen molar-refractivity contribution < 1.29 is 23.9 Å². The number of hydrogen-bond acceptors (Lipinski definition) is 5. The Morgan fingerprint density at radius 3 is 2.65 bits per heavy atom. The van der Waals surface area contributed by atoms with Crippen molar-refractivity contribution in [3.63, 3.8) is 0 Å². The van der Waals surface area contributed by atoms with Crippen LogP contribution in [-0.4, -0.2) is 46.0 Å². The lowest BCUT2D eigenvalue weighted by Gasteiger charge is -2.18. The Labute approximate surface area is 114 Å². The molecule has 0 unspecified atom stereocenters. The number of aryl methyl sites for hydroxylation is 1. The van der Waals surface area contributed by atoms with E-state index in [1.807, 2.05) is 6.92 Å². The molecule has 9 heteroatoms. The number of amides is 3. The number of urea groups is 1. The van der Waals surface area contributed by atoms with E-state index in [0.29, 0.717) is 18.1 Å². The van der Waals surface area contributed by atoms with Crippen LogP contribution in [0.4, 0.5) is 4.79 Å². The van der Waals surface area contributed by atoms with Gasteiger partial charge in [0.05, 0.1) is 12.7 Å². The van der Waals surface area contributed by atoms with E-state index in [2.05, 4.69) is 10.3 Å². The van der Waals surface area contributed by atoms with Crippen LogP contribution in [0, 0.1) is 0 Å². The second kappa shape index (κ2) is 7.12. The normalized spacial score (nSPS) is 10.1. The highest BCUT2D eigenvalue weighted by Gasteiger charge is 2.19. The van der Waals surface area contributed by atoms with E-state index in [-0.39, 0.29) is 6.54 Å². The molecular formula is C11H16N4O5. The van der Waals surface area contributed by atoms with Crippen molar-refractivity contribution in [3.8, 4) is 0 Å². The predicted molar refractivity (Wildman–Crippen MR) is 66.5 cm³/mol. The smallest absolute Gasteiger partial charge is 0.323 e. The zero-order valence-electron chi connectivity index (χ0n) is 11.0. The number of oxazole rings is 1. The van der Waals surface area contributed by atoms with E-state index in [4.69, 9.17) is 15.3 Å². The number of carbonyl (C=O) groups excluding carboxylic acids is 2. The fourth-order valence-corrected chi connectivity index (χ4v) is 1.41. The summed E-state index contributed by atoms with van der Waals surface area (Å²) >= 11 is 0. The third-order valence-corrected chi connectivity index (χ3v) is 2.30. The van der Waals surface area contributed by atoms with E-state index in [1.54, 1.807) is 6.20 Å². The summed E-state index contributed by atoms with van der Waals surface area (Å²) < 4.78 is 5.27. The number of rotatable bonds is 7. The van der Waals surface area contributed by atoms with Crippen LogP contribution in [0.1, 0.15) is 18.6 Å². The second-order valence-corrected chi connectivity index (χ2v) is 3.95. The standard InChI is InChI=1S/C11H16N4O5/c1-2-7-3-13-9(20-7)4-14-11(19)15(5-8(12)16)6-10(17)18/h3H,2,4-6H2,1H3,(H2,12,16)(H,14,19)(H,17,18). The molecule has 1 aromatic rings. The third kappa shape index (κ3) is 4.96. The van der Waals surface area contributed by atoms with Gasteiger partial charge in [-0.25, -0.2) is 9.78 Å². The monoisotopic (exact) mass is 284 g/mol. The van der Waals surface area contributed by atoms with Crippen LogP contribution < -0.4 is 11.1 Å². The fraction of sp³-hybridized carbons (Fsp3) is 0.455. The Morgan fingerprint density at radius 2 is 2.15 bits per heavy atom. The van der Waals surface area contributed by atoms with E-state index in [9.17, 15) is 14.4 Å². The minimum absolute atomic E-state index is 0.00624. The summed E-state index contributed by atoms with van der Waals surface area (Å²) in [6, 6.07) is -0.734. The van der Waals surface area contributed by atoms with Gasteiger partial charge in [-0.1, -0.05) is 6.92 Å². The molecule has 1 heterocycles. The van der Waals surface area contributed by atoms with Gasteiger partial charge in [-0.15, -0.1) is 0 Å². The minimum atomic E-state index is -1.24. The lowest BCUT2D eigenvalue weighted by molar-refractivity contribution is -0.137. The summed E-state index contributed by atoms with van der Waals surface area (Å²) in [5.74, 6) is -1.07. The SMILES string of the molecule is CCc1cnc(CNC(=O)N(CC(N)=O)CC(=O)O)o1. The maximum absolute atomic E-state index is 11.7. The van der Waals surface area contributed by atoms with Crippen LogP contribution in [0.15, 0.2) is 10.6 Å². The first kappa shape index (κ1) is 15.5.